The van der Waals surface area contributed by atoms with Crippen LogP contribution in [-0.2, 0) is 16.4 Å². The highest BCUT2D eigenvalue weighted by molar-refractivity contribution is 6.48. The lowest BCUT2D eigenvalue weighted by Crippen LogP contribution is -2.19. The first-order valence-corrected chi connectivity index (χ1v) is 13.3. The van der Waals surface area contributed by atoms with Gasteiger partial charge in [-0.3, -0.25) is 4.79 Å². The lowest BCUT2D eigenvalue weighted by Gasteiger charge is -2.25. The number of para-hydroxylation sites is 1. The van der Waals surface area contributed by atoms with Crippen molar-refractivity contribution in [2.75, 3.05) is 5.32 Å². The molecule has 0 spiro atoms. The molecule has 1 radical (unpaired) electrons. The van der Waals surface area contributed by atoms with Crippen LogP contribution in [0.25, 0.3) is 10.9 Å². The number of anilines is 1. The summed E-state index contributed by atoms with van der Waals surface area (Å²) in [4.78, 5) is 17.8. The van der Waals surface area contributed by atoms with E-state index in [0.717, 1.165) is 16.6 Å². The second-order valence-corrected chi connectivity index (χ2v) is 11.7. The number of pyridine rings is 1. The second-order valence-electron chi connectivity index (χ2n) is 8.45. The van der Waals surface area contributed by atoms with Crippen molar-refractivity contribution in [3.63, 3.8) is 0 Å². The van der Waals surface area contributed by atoms with Crippen LogP contribution in [0, 0.1) is 0 Å². The van der Waals surface area contributed by atoms with Crippen LogP contribution in [-0.4, -0.2) is 19.9 Å². The lowest BCUT2D eigenvalue weighted by molar-refractivity contribution is 0.102. The molecule has 0 atom stereocenters. The minimum absolute atomic E-state index is 0.216. The molecule has 1 heterocycles. The fourth-order valence-corrected chi connectivity index (χ4v) is 4.91. The Labute approximate surface area is 199 Å². The molecule has 1 aromatic heterocycles. The van der Waals surface area contributed by atoms with Crippen molar-refractivity contribution >= 4 is 66.3 Å². The zero-order valence-electron chi connectivity index (χ0n) is 18.1. The molecule has 0 saturated heterocycles. The molecule has 8 heteroatoms. The summed E-state index contributed by atoms with van der Waals surface area (Å²) in [6, 6.07) is 10.5. The van der Waals surface area contributed by atoms with Gasteiger partial charge in [-0.15, -0.1) is 0 Å². The third-order valence-corrected chi connectivity index (χ3v) is 6.46. The Morgan fingerprint density at radius 3 is 2.26 bits per heavy atom. The average Bonchev–Trinajstić information content (AvgIpc) is 2.65. The summed E-state index contributed by atoms with van der Waals surface area (Å²) >= 11 is 19.3. The van der Waals surface area contributed by atoms with Crippen LogP contribution in [0.15, 0.2) is 36.4 Å². The third-order valence-electron chi connectivity index (χ3n) is 4.71. The maximum absolute atomic E-state index is 12.9. The second kappa shape index (κ2) is 9.47. The first-order chi connectivity index (χ1) is 14.5. The van der Waals surface area contributed by atoms with E-state index in [-0.39, 0.29) is 21.0 Å². The largest absolute Gasteiger partial charge is 0.411 e. The van der Waals surface area contributed by atoms with Gasteiger partial charge in [-0.2, -0.15) is 0 Å². The van der Waals surface area contributed by atoms with Gasteiger partial charge < -0.3 is 9.74 Å². The Bertz CT molecular complexity index is 1120. The van der Waals surface area contributed by atoms with Crippen LogP contribution < -0.4 is 5.32 Å². The van der Waals surface area contributed by atoms with E-state index >= 15 is 0 Å². The molecule has 0 unspecified atom stereocenters. The van der Waals surface area contributed by atoms with Crippen molar-refractivity contribution in [3.8, 4) is 0 Å². The number of nitrogens with zero attached hydrogens (tertiary/aromatic N) is 1. The van der Waals surface area contributed by atoms with E-state index in [4.69, 9.17) is 44.2 Å². The first kappa shape index (κ1) is 24.0. The molecule has 0 saturated carbocycles. The molecule has 0 bridgehead atoms. The number of carbonyl (C=O) groups excluding carboxylic acids is 1. The van der Waals surface area contributed by atoms with Crippen LogP contribution in [0.4, 0.5) is 5.69 Å². The van der Waals surface area contributed by atoms with Gasteiger partial charge in [0.2, 0.25) is 9.04 Å². The molecule has 4 nitrogen and oxygen atoms in total. The normalized spacial score (nSPS) is 11.9. The van der Waals surface area contributed by atoms with Crippen molar-refractivity contribution in [2.24, 2.45) is 0 Å². The third kappa shape index (κ3) is 5.24. The smallest absolute Gasteiger partial charge is 0.258 e. The molecule has 163 valence electrons. The minimum Gasteiger partial charge on any atom is -0.411 e. The van der Waals surface area contributed by atoms with Crippen molar-refractivity contribution in [1.29, 1.82) is 0 Å². The fourth-order valence-electron chi connectivity index (χ4n) is 3.37. The van der Waals surface area contributed by atoms with Crippen LogP contribution in [0.5, 0.6) is 0 Å². The topological polar surface area (TPSA) is 51.2 Å². The van der Waals surface area contributed by atoms with E-state index in [1.165, 1.54) is 0 Å². The highest BCUT2D eigenvalue weighted by atomic mass is 35.5. The van der Waals surface area contributed by atoms with E-state index in [1.54, 1.807) is 24.3 Å². The number of rotatable bonds is 5. The first-order valence-electron chi connectivity index (χ1n) is 9.80. The summed E-state index contributed by atoms with van der Waals surface area (Å²) < 4.78 is 5.95. The number of aromatic nitrogens is 1. The Morgan fingerprint density at radius 2 is 1.68 bits per heavy atom. The van der Waals surface area contributed by atoms with Gasteiger partial charge in [0.05, 0.1) is 44.1 Å². The molecular weight excluding hydrogens is 471 g/mol. The Kier molecular flexibility index (Phi) is 7.34. The minimum atomic E-state index is -0.915. The van der Waals surface area contributed by atoms with E-state index in [9.17, 15) is 4.79 Å². The number of fused-ring (bicyclic) bond motifs is 1. The quantitative estimate of drug-likeness (QED) is 0.373. The average molecular weight is 495 g/mol. The molecular formula is C23H24Cl3N2O2Si. The molecule has 0 aliphatic carbocycles. The molecule has 0 fully saturated rings. The van der Waals surface area contributed by atoms with Crippen LogP contribution in [0.1, 0.15) is 42.4 Å². The highest BCUT2D eigenvalue weighted by Gasteiger charge is 2.26. The predicted molar refractivity (Wildman–Crippen MR) is 132 cm³/mol. The zero-order chi connectivity index (χ0) is 22.9. The van der Waals surface area contributed by atoms with Gasteiger partial charge in [-0.05, 0) is 36.7 Å². The lowest BCUT2D eigenvalue weighted by atomic mass is 9.85. The summed E-state index contributed by atoms with van der Waals surface area (Å²) in [6.45, 7) is 10.8. The van der Waals surface area contributed by atoms with Gasteiger partial charge >= 0.3 is 0 Å². The number of benzene rings is 2. The van der Waals surface area contributed by atoms with Gasteiger partial charge in [0, 0.05) is 10.9 Å². The Hall–Kier alpha value is -1.63. The molecule has 31 heavy (non-hydrogen) atoms. The molecule has 1 N–H and O–H groups in total. The molecule has 3 rings (SSSR count). The van der Waals surface area contributed by atoms with E-state index < -0.39 is 14.9 Å². The molecule has 3 aromatic rings. The van der Waals surface area contributed by atoms with Crippen LogP contribution >= 0.6 is 34.8 Å². The Balaban J connectivity index is 2.14. The van der Waals surface area contributed by atoms with Crippen LogP contribution in [0.2, 0.25) is 28.2 Å². The summed E-state index contributed by atoms with van der Waals surface area (Å²) in [7, 11) is -0.915. The maximum atomic E-state index is 12.9. The summed E-state index contributed by atoms with van der Waals surface area (Å²) in [6.07, 6.45) is 0. The van der Waals surface area contributed by atoms with Crippen molar-refractivity contribution < 1.29 is 9.22 Å². The van der Waals surface area contributed by atoms with E-state index in [2.05, 4.69) is 39.2 Å². The zero-order valence-corrected chi connectivity index (χ0v) is 21.3. The summed E-state index contributed by atoms with van der Waals surface area (Å²) in [5.74, 6) is -0.411. The van der Waals surface area contributed by atoms with Crippen molar-refractivity contribution in [1.82, 2.24) is 4.98 Å². The van der Waals surface area contributed by atoms with Gasteiger partial charge in [0.1, 0.15) is 0 Å². The van der Waals surface area contributed by atoms with Crippen LogP contribution in [0.3, 0.4) is 0 Å². The molecule has 1 amide bonds. The standard InChI is InChI=1S/C23H24Cl3N2O2Si/c1-23(2,3)19-17(12-30-31(4)5)27-21-13(20(19)26)8-6-11-16(21)28-22(29)18-14(24)9-7-10-15(18)25/h6-11H,12H2,1-5H3,(H,28,29). The number of halogens is 3. The molecule has 0 aliphatic rings. The van der Waals surface area contributed by atoms with E-state index in [0.29, 0.717) is 22.8 Å². The molecule has 2 aromatic carbocycles. The van der Waals surface area contributed by atoms with Crippen molar-refractivity contribution in [2.45, 2.75) is 45.9 Å². The number of hydrogen-bond acceptors (Lipinski definition) is 3. The number of nitrogens with one attached hydrogen (secondary N) is 1. The maximum Gasteiger partial charge on any atom is 0.258 e. The van der Waals surface area contributed by atoms with Gasteiger partial charge in [0.25, 0.3) is 5.91 Å². The predicted octanol–water partition coefficient (Wildman–Crippen LogP) is 7.51. The van der Waals surface area contributed by atoms with Crippen molar-refractivity contribution in [3.05, 3.63) is 68.3 Å². The van der Waals surface area contributed by atoms with E-state index in [1.807, 2.05) is 12.1 Å². The Morgan fingerprint density at radius 1 is 1.06 bits per heavy atom. The number of hydrogen-bond donors (Lipinski definition) is 1. The van der Waals surface area contributed by atoms with Gasteiger partial charge in [0.15, 0.2) is 0 Å². The highest BCUT2D eigenvalue weighted by Crippen LogP contribution is 2.39. The monoisotopic (exact) mass is 493 g/mol. The number of carbonyl (C=O) groups is 1. The van der Waals surface area contributed by atoms with Gasteiger partial charge in [-0.1, -0.05) is 73.8 Å². The summed E-state index contributed by atoms with van der Waals surface area (Å²) in [5.41, 5.74) is 2.83. The summed E-state index contributed by atoms with van der Waals surface area (Å²) in [5, 5.41) is 4.83. The fraction of sp³-hybridized carbons (Fsp3) is 0.304. The molecule has 0 aliphatic heterocycles. The SMILES string of the molecule is C[Si](C)OCc1nc2c(NC(=O)c3c(Cl)cccc3Cl)cccc2c(Cl)c1C(C)(C)C. The number of amides is 1. The van der Waals surface area contributed by atoms with Gasteiger partial charge in [-0.25, -0.2) is 4.98 Å².